The maximum absolute atomic E-state index is 14.3. The predicted octanol–water partition coefficient (Wildman–Crippen LogP) is -2.23. The van der Waals surface area contributed by atoms with Gasteiger partial charge in [0.15, 0.2) is 0 Å². The summed E-state index contributed by atoms with van der Waals surface area (Å²) in [6, 6.07) is -5.07. The van der Waals surface area contributed by atoms with E-state index in [1.165, 1.54) is 6.92 Å². The van der Waals surface area contributed by atoms with Gasteiger partial charge >= 0.3 is 11.9 Å². The van der Waals surface area contributed by atoms with Gasteiger partial charge in [-0.25, -0.2) is 4.79 Å². The van der Waals surface area contributed by atoms with E-state index in [1.807, 2.05) is 0 Å². The van der Waals surface area contributed by atoms with Crippen LogP contribution in [0.5, 0.6) is 0 Å². The standard InChI is InChI=1S/C55H90N12O15/c1-9-35-46(72)66-44(32(6)68)52(78)65-41(29-58)51(77)63-38(25-33-19-15-13-16-20-33)49(75)67-45(55(7,8)81)53(79)64-39(27-43(70)71)54(80)82-34(21-17-12-10-11-14-18-30(2)3)26-42(69)59-40(28-57)50(76)62-37(24-31(4)5)48(74)61-36(22-23-56)47(73)60-35/h9,13,15-16,19-20,30-32,34,36-41,44-45,68,81H,10-12,14,17-18,21-29,56-58H2,1-8H3,(H,59,69)(H,60,73)(H,61,74)(H,62,76)(H,63,77)(H,64,79)(H,65,78)(H,66,72)(H,67,75)(H,70,71)/b35-9+/t32-,34-,36+,37+,38-,39+,40+,41+,44+,45-/m1/s1. The summed E-state index contributed by atoms with van der Waals surface area (Å²) in [6.07, 6.45) is 1.02. The second kappa shape index (κ2) is 35.7. The van der Waals surface area contributed by atoms with Crippen molar-refractivity contribution in [2.75, 3.05) is 19.6 Å². The summed E-state index contributed by atoms with van der Waals surface area (Å²) in [7, 11) is 0. The van der Waals surface area contributed by atoms with Crippen LogP contribution in [0.3, 0.4) is 0 Å². The predicted molar refractivity (Wildman–Crippen MR) is 301 cm³/mol. The zero-order chi connectivity index (χ0) is 61.9. The molecule has 0 aromatic heterocycles. The molecule has 10 atom stereocenters. The second-order valence-corrected chi connectivity index (χ2v) is 21.9. The van der Waals surface area contributed by atoms with Crippen molar-refractivity contribution in [1.29, 1.82) is 0 Å². The first-order valence-electron chi connectivity index (χ1n) is 27.9. The molecule has 27 nitrogen and oxygen atoms in total. The van der Waals surface area contributed by atoms with E-state index in [-0.39, 0.29) is 38.1 Å². The second-order valence-electron chi connectivity index (χ2n) is 21.9. The first-order valence-corrected chi connectivity index (χ1v) is 27.9. The number of hydrogen-bond acceptors (Lipinski definition) is 17. The van der Waals surface area contributed by atoms with E-state index in [2.05, 4.69) is 61.7 Å². The van der Waals surface area contributed by atoms with Crippen LogP contribution in [0.1, 0.15) is 132 Å². The van der Waals surface area contributed by atoms with Gasteiger partial charge in [0, 0.05) is 19.5 Å². The lowest BCUT2D eigenvalue weighted by Crippen LogP contribution is -2.64. The van der Waals surface area contributed by atoms with Crippen LogP contribution in [0.4, 0.5) is 0 Å². The molecule has 1 aromatic carbocycles. The normalized spacial score (nSPS) is 25.2. The molecule has 0 saturated carbocycles. The average Bonchev–Trinajstić information content (AvgIpc) is 3.53. The minimum Gasteiger partial charge on any atom is -0.481 e. The molecule has 1 heterocycles. The van der Waals surface area contributed by atoms with E-state index in [1.54, 1.807) is 44.2 Å². The van der Waals surface area contributed by atoms with Gasteiger partial charge in [0.2, 0.25) is 47.3 Å². The molecular formula is C55H90N12O15. The molecule has 1 aliphatic heterocycles. The topological polar surface area (TPSA) is 444 Å². The third-order valence-electron chi connectivity index (χ3n) is 13.2. The molecule has 1 saturated heterocycles. The van der Waals surface area contributed by atoms with Crippen LogP contribution in [0, 0.1) is 11.8 Å². The third-order valence-corrected chi connectivity index (χ3v) is 13.2. The van der Waals surface area contributed by atoms with Gasteiger partial charge < -0.3 is 85.1 Å². The summed E-state index contributed by atoms with van der Waals surface area (Å²) in [5.74, 6) is -11.8. The summed E-state index contributed by atoms with van der Waals surface area (Å²) in [6.45, 7) is 11.3. The van der Waals surface area contributed by atoms with Crippen LogP contribution in [0.2, 0.25) is 0 Å². The van der Waals surface area contributed by atoms with Gasteiger partial charge in [0.1, 0.15) is 60.1 Å². The summed E-state index contributed by atoms with van der Waals surface area (Å²) in [5.41, 5.74) is 15.6. The lowest BCUT2D eigenvalue weighted by Gasteiger charge is -2.32. The maximum Gasteiger partial charge on any atom is 0.329 e. The highest BCUT2D eigenvalue weighted by Crippen LogP contribution is 2.18. The molecule has 0 aliphatic carbocycles. The van der Waals surface area contributed by atoms with Crippen LogP contribution in [-0.2, 0) is 63.9 Å². The molecule has 0 radical (unpaired) electrons. The Morgan fingerprint density at radius 1 is 0.646 bits per heavy atom. The number of rotatable bonds is 20. The first-order chi connectivity index (χ1) is 38.5. The van der Waals surface area contributed by atoms with E-state index >= 15 is 0 Å². The number of cyclic esters (lactones) is 1. The van der Waals surface area contributed by atoms with Crippen molar-refractivity contribution in [2.45, 2.75) is 199 Å². The average molecular weight is 1160 g/mol. The zero-order valence-electron chi connectivity index (χ0n) is 48.5. The number of nitrogens with two attached hydrogens (primary N) is 3. The van der Waals surface area contributed by atoms with Gasteiger partial charge in [0.25, 0.3) is 5.91 Å². The molecule has 0 spiro atoms. The number of carboxylic acid groups (broad SMARTS) is 1. The molecule has 2 rings (SSSR count). The van der Waals surface area contributed by atoms with Crippen LogP contribution in [-0.4, -0.2) is 166 Å². The van der Waals surface area contributed by atoms with Gasteiger partial charge in [-0.3, -0.25) is 47.9 Å². The summed E-state index contributed by atoms with van der Waals surface area (Å²) in [5, 5.41) is 53.8. The summed E-state index contributed by atoms with van der Waals surface area (Å²) < 4.78 is 5.78. The van der Waals surface area contributed by atoms with Crippen LogP contribution in [0.25, 0.3) is 0 Å². The molecule has 18 N–H and O–H groups in total. The molecule has 460 valence electrons. The van der Waals surface area contributed by atoms with Crippen molar-refractivity contribution in [3.05, 3.63) is 47.7 Å². The maximum atomic E-state index is 14.3. The smallest absolute Gasteiger partial charge is 0.329 e. The van der Waals surface area contributed by atoms with Gasteiger partial charge in [-0.2, -0.15) is 0 Å². The van der Waals surface area contributed by atoms with Gasteiger partial charge in [-0.05, 0) is 77.3 Å². The SMILES string of the molecule is C/C=C1/NC(=O)[C@H](CCN)NC(=O)[C@H](CC(C)C)NC(=O)[C@H](CN)NC(=O)C[C@@H](CCCCCCCC(C)C)OC(=O)[C@H](CC(=O)O)NC(=O)[C@H](C(C)(C)O)NC(=O)[C@@H](Cc2ccccc2)NC(=O)[C@H](CN)NC(=O)[C@H]([C@@H](C)O)NC1=O. The molecule has 0 bridgehead atoms. The van der Waals surface area contributed by atoms with Crippen molar-refractivity contribution in [3.8, 4) is 0 Å². The van der Waals surface area contributed by atoms with Crippen LogP contribution >= 0.6 is 0 Å². The largest absolute Gasteiger partial charge is 0.481 e. The Hall–Kier alpha value is -7.07. The van der Waals surface area contributed by atoms with Crippen molar-refractivity contribution < 1.29 is 72.8 Å². The van der Waals surface area contributed by atoms with Gasteiger partial charge in [0.05, 0.1) is 24.5 Å². The lowest BCUT2D eigenvalue weighted by molar-refractivity contribution is -0.158. The Bertz CT molecular complexity index is 2350. The van der Waals surface area contributed by atoms with Gasteiger partial charge in [-0.15, -0.1) is 0 Å². The fraction of sp³-hybridized carbons (Fsp3) is 0.655. The molecule has 0 unspecified atom stereocenters. The molecule has 27 heteroatoms. The molecule has 1 aromatic rings. The highest BCUT2D eigenvalue weighted by atomic mass is 16.5. The van der Waals surface area contributed by atoms with E-state index in [0.717, 1.165) is 52.5 Å². The Morgan fingerprint density at radius 2 is 1.18 bits per heavy atom. The van der Waals surface area contributed by atoms with E-state index in [4.69, 9.17) is 21.9 Å². The Balaban J connectivity index is 2.79. The molecule has 1 aliphatic rings. The summed E-state index contributed by atoms with van der Waals surface area (Å²) in [4.78, 5) is 152. The number of carbonyl (C=O) groups excluding carboxylic acids is 10. The quantitative estimate of drug-likeness (QED) is 0.0373. The molecule has 9 amide bonds. The van der Waals surface area contributed by atoms with Gasteiger partial charge in [-0.1, -0.05) is 96.2 Å². The number of esters is 1. The fourth-order valence-electron chi connectivity index (χ4n) is 8.64. The Labute approximate surface area is 479 Å². The lowest BCUT2D eigenvalue weighted by atomic mass is 9.96. The fourth-order valence-corrected chi connectivity index (χ4v) is 8.64. The number of amides is 9. The number of carbonyl (C=O) groups is 11. The van der Waals surface area contributed by atoms with E-state index in [0.29, 0.717) is 24.3 Å². The highest BCUT2D eigenvalue weighted by molar-refractivity contribution is 6.02. The minimum absolute atomic E-state index is 0.0124. The first kappa shape index (κ1) is 71.0. The number of benzene rings is 1. The number of unbranched alkanes of at least 4 members (excludes halogenated alkanes) is 4. The minimum atomic E-state index is -2.16. The summed E-state index contributed by atoms with van der Waals surface area (Å²) >= 11 is 0. The van der Waals surface area contributed by atoms with E-state index in [9.17, 15) is 68.1 Å². The molecule has 1 fully saturated rings. The number of aliphatic hydroxyl groups excluding tert-OH is 1. The monoisotopic (exact) mass is 1160 g/mol. The highest BCUT2D eigenvalue weighted by Gasteiger charge is 2.41. The number of ether oxygens (including phenoxy) is 1. The molecule has 82 heavy (non-hydrogen) atoms. The molecular weight excluding hydrogens is 1070 g/mol. The van der Waals surface area contributed by atoms with Crippen molar-refractivity contribution in [1.82, 2.24) is 47.9 Å². The number of allylic oxidation sites excluding steroid dienone is 1. The zero-order valence-corrected chi connectivity index (χ0v) is 48.5. The Kier molecular flexibility index (Phi) is 30.9. The number of hydrogen-bond donors (Lipinski definition) is 15. The number of aliphatic hydroxyl groups is 2. The van der Waals surface area contributed by atoms with Crippen molar-refractivity contribution in [2.24, 2.45) is 29.0 Å². The van der Waals surface area contributed by atoms with Crippen LogP contribution in [0.15, 0.2) is 42.1 Å². The number of aliphatic carboxylic acids is 1. The van der Waals surface area contributed by atoms with Crippen LogP contribution < -0.4 is 65.1 Å². The third kappa shape index (κ3) is 25.4. The van der Waals surface area contributed by atoms with Crippen molar-refractivity contribution in [3.63, 3.8) is 0 Å². The van der Waals surface area contributed by atoms with Crippen molar-refractivity contribution >= 4 is 65.1 Å². The van der Waals surface area contributed by atoms with E-state index < -0.39 is 163 Å². The number of carboxylic acids is 1. The number of nitrogens with one attached hydrogen (secondary N) is 9. The Morgan fingerprint density at radius 3 is 1.73 bits per heavy atom.